The third-order valence-corrected chi connectivity index (χ3v) is 4.71. The van der Waals surface area contributed by atoms with Crippen LogP contribution >= 0.6 is 11.6 Å². The van der Waals surface area contributed by atoms with Gasteiger partial charge in [0.1, 0.15) is 0 Å². The van der Waals surface area contributed by atoms with Gasteiger partial charge in [-0.3, -0.25) is 4.79 Å². The molecule has 3 rings (SSSR count). The number of alkyl halides is 3. The number of methoxy groups -OCH3 is 1. The van der Waals surface area contributed by atoms with Crippen molar-refractivity contribution in [2.75, 3.05) is 7.11 Å². The van der Waals surface area contributed by atoms with Gasteiger partial charge in [0.05, 0.1) is 41.2 Å². The Hall–Kier alpha value is -3.24. The molecule has 0 saturated heterocycles. The standard InChI is InChI=1S/C21H14ClF3N2O2/c1-29-19-12-27(11-14-5-2-4-13(8-14)10-26)17(9-18(19)28)15-6-3-7-16(20(15)22)21(23,24)25/h2-9,12H,11H2,1H3. The number of halogens is 4. The zero-order valence-corrected chi connectivity index (χ0v) is 15.9. The number of hydrogen-bond donors (Lipinski definition) is 0. The number of nitrogens with zero attached hydrogens (tertiary/aromatic N) is 2. The summed E-state index contributed by atoms with van der Waals surface area (Å²) in [4.78, 5) is 12.3. The summed E-state index contributed by atoms with van der Waals surface area (Å²) in [6, 6.07) is 13.5. The molecule has 0 atom stereocenters. The number of pyridine rings is 1. The van der Waals surface area contributed by atoms with E-state index in [1.165, 1.54) is 31.5 Å². The van der Waals surface area contributed by atoms with E-state index in [-0.39, 0.29) is 23.6 Å². The summed E-state index contributed by atoms with van der Waals surface area (Å²) in [6.45, 7) is 0.189. The third kappa shape index (κ3) is 4.28. The predicted molar refractivity (Wildman–Crippen MR) is 103 cm³/mol. The van der Waals surface area contributed by atoms with Crippen molar-refractivity contribution < 1.29 is 17.9 Å². The van der Waals surface area contributed by atoms with E-state index in [0.29, 0.717) is 5.56 Å². The van der Waals surface area contributed by atoms with E-state index in [4.69, 9.17) is 21.6 Å². The predicted octanol–water partition coefficient (Wildman–Crippen LogP) is 5.12. The van der Waals surface area contributed by atoms with Crippen LogP contribution in [0.25, 0.3) is 11.3 Å². The first-order chi connectivity index (χ1) is 13.7. The molecular weight excluding hydrogens is 405 g/mol. The number of benzene rings is 2. The second-order valence-corrected chi connectivity index (χ2v) is 6.57. The van der Waals surface area contributed by atoms with Gasteiger partial charge < -0.3 is 9.30 Å². The largest absolute Gasteiger partial charge is 0.491 e. The lowest BCUT2D eigenvalue weighted by molar-refractivity contribution is -0.137. The highest BCUT2D eigenvalue weighted by molar-refractivity contribution is 6.34. The molecular formula is C21H14ClF3N2O2. The summed E-state index contributed by atoms with van der Waals surface area (Å²) in [6.07, 6.45) is -3.22. The fraction of sp³-hybridized carbons (Fsp3) is 0.143. The lowest BCUT2D eigenvalue weighted by Gasteiger charge is -2.18. The molecule has 0 aliphatic rings. The Morgan fingerprint density at radius 3 is 2.55 bits per heavy atom. The van der Waals surface area contributed by atoms with Gasteiger partial charge in [-0.05, 0) is 23.8 Å². The van der Waals surface area contributed by atoms with Crippen molar-refractivity contribution in [3.8, 4) is 23.1 Å². The van der Waals surface area contributed by atoms with Crippen molar-refractivity contribution in [2.45, 2.75) is 12.7 Å². The lowest BCUT2D eigenvalue weighted by atomic mass is 10.1. The molecule has 0 aliphatic carbocycles. The van der Waals surface area contributed by atoms with Crippen LogP contribution in [0.3, 0.4) is 0 Å². The molecule has 0 fully saturated rings. The zero-order valence-electron chi connectivity index (χ0n) is 15.1. The van der Waals surface area contributed by atoms with Gasteiger partial charge in [0.15, 0.2) is 5.75 Å². The van der Waals surface area contributed by atoms with Crippen LogP contribution in [0, 0.1) is 11.3 Å². The van der Waals surface area contributed by atoms with Crippen molar-refractivity contribution in [2.24, 2.45) is 0 Å². The van der Waals surface area contributed by atoms with Crippen molar-refractivity contribution in [1.29, 1.82) is 5.26 Å². The van der Waals surface area contributed by atoms with E-state index in [2.05, 4.69) is 0 Å². The first kappa shape index (κ1) is 20.5. The van der Waals surface area contributed by atoms with Crippen LogP contribution in [0.5, 0.6) is 5.75 Å². The Labute approximate surface area is 169 Å². The Kier molecular flexibility index (Phi) is 5.66. The molecule has 3 aromatic rings. The van der Waals surface area contributed by atoms with Crippen LogP contribution in [0.4, 0.5) is 13.2 Å². The minimum atomic E-state index is -4.63. The maximum Gasteiger partial charge on any atom is 0.417 e. The number of nitriles is 1. The average molecular weight is 419 g/mol. The lowest BCUT2D eigenvalue weighted by Crippen LogP contribution is -2.14. The number of hydrogen-bond acceptors (Lipinski definition) is 3. The van der Waals surface area contributed by atoms with Gasteiger partial charge in [-0.15, -0.1) is 0 Å². The van der Waals surface area contributed by atoms with Gasteiger partial charge in [0.25, 0.3) is 0 Å². The second-order valence-electron chi connectivity index (χ2n) is 6.20. The highest BCUT2D eigenvalue weighted by Crippen LogP contribution is 2.39. The molecule has 0 bridgehead atoms. The zero-order chi connectivity index (χ0) is 21.2. The van der Waals surface area contributed by atoms with Gasteiger partial charge in [0.2, 0.25) is 5.43 Å². The van der Waals surface area contributed by atoms with Crippen molar-refractivity contribution in [3.63, 3.8) is 0 Å². The normalized spacial score (nSPS) is 11.2. The summed E-state index contributed by atoms with van der Waals surface area (Å²) in [5.74, 6) is 0.0355. The Morgan fingerprint density at radius 1 is 1.17 bits per heavy atom. The number of rotatable bonds is 4. The molecule has 0 N–H and O–H groups in total. The maximum absolute atomic E-state index is 13.3. The van der Waals surface area contributed by atoms with Gasteiger partial charge in [-0.2, -0.15) is 18.4 Å². The van der Waals surface area contributed by atoms with Gasteiger partial charge in [0, 0.05) is 18.2 Å². The molecule has 2 aromatic carbocycles. The molecule has 0 unspecified atom stereocenters. The van der Waals surface area contributed by atoms with Gasteiger partial charge >= 0.3 is 6.18 Å². The third-order valence-electron chi connectivity index (χ3n) is 4.30. The molecule has 4 nitrogen and oxygen atoms in total. The van der Waals surface area contributed by atoms with Crippen LogP contribution in [0.2, 0.25) is 5.02 Å². The van der Waals surface area contributed by atoms with E-state index in [1.807, 2.05) is 6.07 Å². The van der Waals surface area contributed by atoms with Crippen LogP contribution < -0.4 is 10.2 Å². The SMILES string of the molecule is COc1cn(Cc2cccc(C#N)c2)c(-c2cccc(C(F)(F)F)c2Cl)cc1=O. The van der Waals surface area contributed by atoms with Gasteiger partial charge in [-0.25, -0.2) is 0 Å². The smallest absolute Gasteiger partial charge is 0.417 e. The molecule has 0 radical (unpaired) electrons. The second kappa shape index (κ2) is 8.02. The average Bonchev–Trinajstić information content (AvgIpc) is 2.68. The quantitative estimate of drug-likeness (QED) is 0.591. The van der Waals surface area contributed by atoms with Crippen molar-refractivity contribution in [1.82, 2.24) is 4.57 Å². The van der Waals surface area contributed by atoms with Gasteiger partial charge in [-0.1, -0.05) is 35.9 Å². The number of aromatic nitrogens is 1. The molecule has 29 heavy (non-hydrogen) atoms. The molecule has 8 heteroatoms. The molecule has 0 aliphatic heterocycles. The highest BCUT2D eigenvalue weighted by Gasteiger charge is 2.34. The van der Waals surface area contributed by atoms with E-state index in [9.17, 15) is 18.0 Å². The van der Waals surface area contributed by atoms with Crippen molar-refractivity contribution >= 4 is 11.6 Å². The minimum absolute atomic E-state index is 0.0355. The first-order valence-corrected chi connectivity index (χ1v) is 8.76. The molecule has 0 spiro atoms. The minimum Gasteiger partial charge on any atom is -0.491 e. The highest BCUT2D eigenvalue weighted by atomic mass is 35.5. The van der Waals surface area contributed by atoms with E-state index < -0.39 is 22.2 Å². The molecule has 1 aromatic heterocycles. The Morgan fingerprint density at radius 2 is 1.90 bits per heavy atom. The molecule has 148 valence electrons. The van der Waals surface area contributed by atoms with E-state index in [1.54, 1.807) is 28.8 Å². The summed E-state index contributed by atoms with van der Waals surface area (Å²) in [5.41, 5.74) is -0.0452. The summed E-state index contributed by atoms with van der Waals surface area (Å²) < 4.78 is 46.4. The first-order valence-electron chi connectivity index (χ1n) is 8.38. The number of ether oxygens (including phenoxy) is 1. The molecule has 1 heterocycles. The fourth-order valence-electron chi connectivity index (χ4n) is 2.95. The van der Waals surface area contributed by atoms with Crippen LogP contribution in [-0.4, -0.2) is 11.7 Å². The fourth-order valence-corrected chi connectivity index (χ4v) is 3.28. The maximum atomic E-state index is 13.3. The molecule has 0 amide bonds. The Balaban J connectivity index is 2.21. The van der Waals surface area contributed by atoms with E-state index in [0.717, 1.165) is 11.6 Å². The van der Waals surface area contributed by atoms with E-state index >= 15 is 0 Å². The van der Waals surface area contributed by atoms with Crippen LogP contribution in [-0.2, 0) is 12.7 Å². The molecule has 0 saturated carbocycles. The Bertz CT molecular complexity index is 1160. The monoisotopic (exact) mass is 418 g/mol. The summed E-state index contributed by atoms with van der Waals surface area (Å²) in [5, 5.41) is 8.58. The van der Waals surface area contributed by atoms with Crippen LogP contribution in [0.15, 0.2) is 59.5 Å². The summed E-state index contributed by atoms with van der Waals surface area (Å²) >= 11 is 6.07. The van der Waals surface area contributed by atoms with Crippen molar-refractivity contribution in [3.05, 3.63) is 86.7 Å². The summed E-state index contributed by atoms with van der Waals surface area (Å²) in [7, 11) is 1.33. The van der Waals surface area contributed by atoms with Crippen LogP contribution in [0.1, 0.15) is 16.7 Å². The topological polar surface area (TPSA) is 55.0 Å².